The van der Waals surface area contributed by atoms with E-state index in [0.717, 1.165) is 33.3 Å². The number of hydrogen-bond donors (Lipinski definition) is 1. The van der Waals surface area contributed by atoms with Crippen molar-refractivity contribution in [3.8, 4) is 5.75 Å². The maximum absolute atomic E-state index is 11.7. The number of hydrogen-bond acceptors (Lipinski definition) is 4. The molecule has 1 heterocycles. The minimum absolute atomic E-state index is 0.154. The fourth-order valence-corrected chi connectivity index (χ4v) is 4.29. The number of nitrogens with zero attached hydrogens (tertiary/aromatic N) is 1. The van der Waals surface area contributed by atoms with Crippen molar-refractivity contribution < 1.29 is 19.4 Å². The van der Waals surface area contributed by atoms with Crippen LogP contribution in [-0.4, -0.2) is 29.3 Å². The topological polar surface area (TPSA) is 68.7 Å². The summed E-state index contributed by atoms with van der Waals surface area (Å²) in [6, 6.07) is 23.0. The lowest BCUT2D eigenvalue weighted by Gasteiger charge is -2.20. The molecule has 0 spiro atoms. The van der Waals surface area contributed by atoms with Crippen LogP contribution < -0.4 is 4.74 Å². The molecule has 1 N–H and O–H groups in total. The molecule has 5 rings (SSSR count). The average Bonchev–Trinajstić information content (AvgIpc) is 3.72. The van der Waals surface area contributed by atoms with E-state index in [1.807, 2.05) is 73.7 Å². The highest BCUT2D eigenvalue weighted by Crippen LogP contribution is 2.32. The number of carbonyl (C=O) groups is 1. The molecule has 0 bridgehead atoms. The molecule has 0 radical (unpaired) electrons. The Morgan fingerprint density at radius 3 is 2.73 bits per heavy atom. The third-order valence-electron chi connectivity index (χ3n) is 6.39. The van der Waals surface area contributed by atoms with Gasteiger partial charge in [0.05, 0.1) is 17.8 Å². The predicted octanol–water partition coefficient (Wildman–Crippen LogP) is 7.61. The molecule has 1 atom stereocenters. The normalized spacial score (nSPS) is 14.2. The van der Waals surface area contributed by atoms with Gasteiger partial charge in [0.25, 0.3) is 0 Å². The second-order valence-corrected chi connectivity index (χ2v) is 9.89. The van der Waals surface area contributed by atoms with E-state index in [4.69, 9.17) is 26.1 Å². The minimum Gasteiger partial charge on any atom is -0.490 e. The van der Waals surface area contributed by atoms with Crippen LogP contribution in [0.1, 0.15) is 51.7 Å². The highest BCUT2D eigenvalue weighted by molar-refractivity contribution is 6.31. The Bertz CT molecular complexity index is 1460. The summed E-state index contributed by atoms with van der Waals surface area (Å²) in [5.74, 6) is -0.0745. The number of aromatic nitrogens is 1. The maximum atomic E-state index is 11.7. The third-order valence-corrected chi connectivity index (χ3v) is 6.63. The first-order chi connectivity index (χ1) is 17.9. The lowest BCUT2D eigenvalue weighted by molar-refractivity contribution is 0.0128. The second kappa shape index (κ2) is 11.2. The Morgan fingerprint density at radius 1 is 1.08 bits per heavy atom. The van der Waals surface area contributed by atoms with Gasteiger partial charge in [0.15, 0.2) is 0 Å². The van der Waals surface area contributed by atoms with Crippen molar-refractivity contribution in [2.75, 3.05) is 13.2 Å². The molecule has 6 heteroatoms. The highest BCUT2D eigenvalue weighted by atomic mass is 35.5. The molecule has 0 amide bonds. The first kappa shape index (κ1) is 25.0. The predicted molar refractivity (Wildman–Crippen MR) is 147 cm³/mol. The number of rotatable bonds is 10. The van der Waals surface area contributed by atoms with E-state index in [0.29, 0.717) is 23.3 Å². The van der Waals surface area contributed by atoms with Crippen LogP contribution in [0.2, 0.25) is 5.02 Å². The first-order valence-corrected chi connectivity index (χ1v) is 12.7. The van der Waals surface area contributed by atoms with Gasteiger partial charge in [-0.05, 0) is 79.3 Å². The summed E-state index contributed by atoms with van der Waals surface area (Å²) in [6.07, 6.45) is 6.03. The van der Waals surface area contributed by atoms with Crippen molar-refractivity contribution in [2.45, 2.75) is 25.9 Å². The van der Waals surface area contributed by atoms with Gasteiger partial charge in [-0.15, -0.1) is 0 Å². The van der Waals surface area contributed by atoms with E-state index >= 15 is 0 Å². The summed E-state index contributed by atoms with van der Waals surface area (Å²) in [7, 11) is 0. The monoisotopic (exact) mass is 513 g/mol. The molecular weight excluding hydrogens is 486 g/mol. The number of carboxylic acids is 1. The van der Waals surface area contributed by atoms with Gasteiger partial charge in [0.2, 0.25) is 0 Å². The Kier molecular flexibility index (Phi) is 7.54. The largest absolute Gasteiger partial charge is 0.490 e. The summed E-state index contributed by atoms with van der Waals surface area (Å²) in [6.45, 7) is 2.74. The number of halogens is 1. The van der Waals surface area contributed by atoms with Crippen LogP contribution in [0.4, 0.5) is 0 Å². The minimum atomic E-state index is -1.01. The summed E-state index contributed by atoms with van der Waals surface area (Å²) in [5, 5.41) is 11.3. The van der Waals surface area contributed by atoms with Crippen molar-refractivity contribution in [3.63, 3.8) is 0 Å². The van der Waals surface area contributed by atoms with Crippen molar-refractivity contribution in [1.29, 1.82) is 0 Å². The molecular formula is C31H28ClNO4. The number of benzene rings is 3. The van der Waals surface area contributed by atoms with Gasteiger partial charge in [0.1, 0.15) is 24.0 Å². The number of fused-ring (bicyclic) bond motifs is 1. The number of carboxylic acid groups (broad SMARTS) is 1. The fourth-order valence-electron chi connectivity index (χ4n) is 4.12. The van der Waals surface area contributed by atoms with Crippen molar-refractivity contribution in [1.82, 2.24) is 4.98 Å². The van der Waals surface area contributed by atoms with Gasteiger partial charge >= 0.3 is 5.97 Å². The lowest BCUT2D eigenvalue weighted by atomic mass is 10.1. The fraction of sp³-hybridized carbons (Fsp3) is 0.226. The third kappa shape index (κ3) is 6.56. The van der Waals surface area contributed by atoms with E-state index in [2.05, 4.69) is 6.07 Å². The van der Waals surface area contributed by atoms with Gasteiger partial charge in [-0.2, -0.15) is 0 Å². The molecule has 37 heavy (non-hydrogen) atoms. The van der Waals surface area contributed by atoms with E-state index in [-0.39, 0.29) is 18.3 Å². The van der Waals surface area contributed by atoms with Crippen LogP contribution in [0.25, 0.3) is 23.1 Å². The van der Waals surface area contributed by atoms with E-state index in [1.54, 1.807) is 12.1 Å². The standard InChI is InChI=1S/C31H28ClNO4/c1-20-5-14-29(27(15-20)31(34)35)37-19-30(36-18-22-6-7-22)24-4-2-3-21(16-24)8-12-26-13-10-23-9-11-25(32)17-28(23)33-26/h2-5,8-17,22,30H,6-7,18-19H2,1H3,(H,34,35)/b12-8+. The molecule has 1 aromatic heterocycles. The van der Waals surface area contributed by atoms with Crippen LogP contribution in [0, 0.1) is 12.8 Å². The molecule has 3 aromatic carbocycles. The van der Waals surface area contributed by atoms with Crippen molar-refractivity contribution >= 4 is 40.6 Å². The zero-order valence-corrected chi connectivity index (χ0v) is 21.3. The van der Waals surface area contributed by atoms with Crippen LogP contribution in [0.15, 0.2) is 72.8 Å². The highest BCUT2D eigenvalue weighted by Gasteiger charge is 2.24. The Balaban J connectivity index is 1.35. The summed E-state index contributed by atoms with van der Waals surface area (Å²) in [4.78, 5) is 16.4. The van der Waals surface area contributed by atoms with Gasteiger partial charge in [0, 0.05) is 10.4 Å². The van der Waals surface area contributed by atoms with Crippen molar-refractivity contribution in [2.24, 2.45) is 5.92 Å². The SMILES string of the molecule is Cc1ccc(OCC(OCC2CC2)c2cccc(/C=C/c3ccc4ccc(Cl)cc4n3)c2)c(C(=O)O)c1. The molecule has 5 nitrogen and oxygen atoms in total. The zero-order valence-electron chi connectivity index (χ0n) is 20.6. The van der Waals surface area contributed by atoms with E-state index in [1.165, 1.54) is 12.8 Å². The quantitative estimate of drug-likeness (QED) is 0.236. The maximum Gasteiger partial charge on any atom is 0.339 e. The molecule has 1 unspecified atom stereocenters. The summed E-state index contributed by atoms with van der Waals surface area (Å²) < 4.78 is 12.3. The Hall–Kier alpha value is -3.67. The van der Waals surface area contributed by atoms with Crippen molar-refractivity contribution in [3.05, 3.63) is 106 Å². The van der Waals surface area contributed by atoms with Gasteiger partial charge in [-0.3, -0.25) is 0 Å². The van der Waals surface area contributed by atoms with Gasteiger partial charge in [-0.1, -0.05) is 59.6 Å². The van der Waals surface area contributed by atoms with E-state index in [9.17, 15) is 9.90 Å². The molecule has 1 aliphatic rings. The summed E-state index contributed by atoms with van der Waals surface area (Å²) in [5.41, 5.74) is 4.70. The van der Waals surface area contributed by atoms with Crippen LogP contribution in [0.5, 0.6) is 5.75 Å². The molecule has 0 aliphatic heterocycles. The lowest BCUT2D eigenvalue weighted by Crippen LogP contribution is -2.16. The molecule has 0 saturated heterocycles. The van der Waals surface area contributed by atoms with Gasteiger partial charge in [-0.25, -0.2) is 9.78 Å². The van der Waals surface area contributed by atoms with Crippen LogP contribution in [0.3, 0.4) is 0 Å². The second-order valence-electron chi connectivity index (χ2n) is 9.46. The molecule has 1 saturated carbocycles. The average molecular weight is 514 g/mol. The number of pyridine rings is 1. The molecule has 4 aromatic rings. The Labute approximate surface area is 221 Å². The number of aromatic carboxylic acids is 1. The molecule has 1 aliphatic carbocycles. The zero-order chi connectivity index (χ0) is 25.8. The molecule has 188 valence electrons. The summed E-state index contributed by atoms with van der Waals surface area (Å²) >= 11 is 6.13. The van der Waals surface area contributed by atoms with Crippen LogP contribution in [-0.2, 0) is 4.74 Å². The first-order valence-electron chi connectivity index (χ1n) is 12.4. The Morgan fingerprint density at radius 2 is 1.92 bits per heavy atom. The van der Waals surface area contributed by atoms with E-state index < -0.39 is 5.97 Å². The number of aryl methyl sites for hydroxylation is 1. The number of ether oxygens (including phenoxy) is 2. The molecule has 1 fully saturated rings. The van der Waals surface area contributed by atoms with Crippen LogP contribution >= 0.6 is 11.6 Å². The van der Waals surface area contributed by atoms with Gasteiger partial charge < -0.3 is 14.6 Å². The smallest absolute Gasteiger partial charge is 0.339 e.